The zero-order chi connectivity index (χ0) is 21.8. The van der Waals surface area contributed by atoms with Crippen molar-refractivity contribution in [3.63, 3.8) is 0 Å². The fraction of sp³-hybridized carbons (Fsp3) is 0.174. The van der Waals surface area contributed by atoms with Gasteiger partial charge in [0, 0.05) is 10.9 Å². The maximum atomic E-state index is 12.9. The van der Waals surface area contributed by atoms with Gasteiger partial charge in [-0.05, 0) is 42.4 Å². The molecule has 0 amide bonds. The first-order chi connectivity index (χ1) is 15.0. The van der Waals surface area contributed by atoms with Gasteiger partial charge in [-0.2, -0.15) is 9.82 Å². The molecule has 2 unspecified atom stereocenters. The van der Waals surface area contributed by atoms with Gasteiger partial charge in [-0.1, -0.05) is 72.3 Å². The average Bonchev–Trinajstić information content (AvgIpc) is 3.24. The molecule has 6 nitrogen and oxygen atoms in total. The second kappa shape index (κ2) is 9.20. The molecule has 0 spiro atoms. The van der Waals surface area contributed by atoms with Gasteiger partial charge in [0.25, 0.3) is 0 Å². The van der Waals surface area contributed by atoms with Crippen LogP contribution in [0.3, 0.4) is 0 Å². The van der Waals surface area contributed by atoms with E-state index in [1.807, 2.05) is 48.5 Å². The van der Waals surface area contributed by atoms with Crippen molar-refractivity contribution in [2.24, 2.45) is 5.10 Å². The van der Waals surface area contributed by atoms with Crippen molar-refractivity contribution in [2.45, 2.75) is 17.1 Å². The number of benzene rings is 3. The summed E-state index contributed by atoms with van der Waals surface area (Å²) in [6.07, 6.45) is -0.715. The van der Waals surface area contributed by atoms with E-state index in [-0.39, 0.29) is 10.8 Å². The highest BCUT2D eigenvalue weighted by Gasteiger charge is 2.34. The first-order valence-electron chi connectivity index (χ1n) is 9.88. The third-order valence-corrected chi connectivity index (χ3v) is 6.85. The van der Waals surface area contributed by atoms with Crippen molar-refractivity contribution in [3.8, 4) is 0 Å². The molecule has 3 aromatic rings. The quantitative estimate of drug-likeness (QED) is 0.535. The lowest BCUT2D eigenvalue weighted by Crippen LogP contribution is -2.53. The summed E-state index contributed by atoms with van der Waals surface area (Å²) < 4.78 is 28.5. The van der Waals surface area contributed by atoms with E-state index < -0.39 is 16.3 Å². The predicted octanol–water partition coefficient (Wildman–Crippen LogP) is 3.63. The highest BCUT2D eigenvalue weighted by molar-refractivity contribution is 7.89. The second-order valence-electron chi connectivity index (χ2n) is 7.20. The molecule has 2 N–H and O–H groups in total. The van der Waals surface area contributed by atoms with Crippen molar-refractivity contribution in [1.82, 2.24) is 15.0 Å². The minimum atomic E-state index is -3.77. The molecule has 0 aliphatic carbocycles. The number of sulfonamides is 1. The maximum absolute atomic E-state index is 12.9. The molecule has 8 heteroatoms. The van der Waals surface area contributed by atoms with E-state index in [2.05, 4.69) is 22.2 Å². The van der Waals surface area contributed by atoms with Crippen LogP contribution < -0.4 is 10.0 Å². The summed E-state index contributed by atoms with van der Waals surface area (Å²) in [4.78, 5) is 0.142. The SMILES string of the molecule is CNC(NS(=O)(=O)c1ccc(Cl)cc1)N1CC(c2ccccc2)C(c2ccccc2)=N1. The Hall–Kier alpha value is -2.71. The van der Waals surface area contributed by atoms with Crippen molar-refractivity contribution < 1.29 is 8.42 Å². The summed E-state index contributed by atoms with van der Waals surface area (Å²) in [5.74, 6) is 0.0134. The first kappa shape index (κ1) is 21.5. The van der Waals surface area contributed by atoms with Crippen LogP contribution in [0.4, 0.5) is 0 Å². The Bertz CT molecular complexity index is 1150. The van der Waals surface area contributed by atoms with Gasteiger partial charge in [-0.3, -0.25) is 10.3 Å². The Morgan fingerprint density at radius 3 is 2.19 bits per heavy atom. The smallest absolute Gasteiger partial charge is 0.243 e. The number of nitrogens with zero attached hydrogens (tertiary/aromatic N) is 2. The van der Waals surface area contributed by atoms with Gasteiger partial charge in [0.1, 0.15) is 0 Å². The molecule has 0 bridgehead atoms. The highest BCUT2D eigenvalue weighted by atomic mass is 35.5. The van der Waals surface area contributed by atoms with Crippen LogP contribution in [0.25, 0.3) is 0 Å². The third kappa shape index (κ3) is 4.80. The summed E-state index contributed by atoms with van der Waals surface area (Å²) in [6, 6.07) is 26.1. The lowest BCUT2D eigenvalue weighted by molar-refractivity contribution is 0.182. The number of nitrogens with one attached hydrogen (secondary N) is 2. The normalized spacial score (nSPS) is 17.4. The Balaban J connectivity index is 1.64. The molecule has 0 saturated carbocycles. The van der Waals surface area contributed by atoms with Crippen molar-refractivity contribution in [1.29, 1.82) is 0 Å². The summed E-state index contributed by atoms with van der Waals surface area (Å²) in [5.41, 5.74) is 3.04. The van der Waals surface area contributed by atoms with E-state index in [0.717, 1.165) is 16.8 Å². The summed E-state index contributed by atoms with van der Waals surface area (Å²) in [5, 5.41) is 10.1. The summed E-state index contributed by atoms with van der Waals surface area (Å²) in [7, 11) is -2.08. The molecule has 0 fully saturated rings. The summed E-state index contributed by atoms with van der Waals surface area (Å²) >= 11 is 5.89. The molecule has 4 rings (SSSR count). The van der Waals surface area contributed by atoms with Crippen LogP contribution in [0.1, 0.15) is 17.0 Å². The van der Waals surface area contributed by atoms with E-state index in [1.54, 1.807) is 24.2 Å². The van der Waals surface area contributed by atoms with Gasteiger partial charge in [0.05, 0.1) is 17.2 Å². The molecule has 0 aromatic heterocycles. The van der Waals surface area contributed by atoms with Crippen molar-refractivity contribution >= 4 is 27.3 Å². The highest BCUT2D eigenvalue weighted by Crippen LogP contribution is 2.29. The average molecular weight is 455 g/mol. The number of halogens is 1. The standard InChI is InChI=1S/C23H23ClN4O2S/c1-25-23(27-31(29,30)20-14-12-19(24)13-15-20)28-16-21(17-8-4-2-5-9-17)22(26-28)18-10-6-3-7-11-18/h2-15,21,23,25,27H,16H2,1H3. The molecular formula is C23H23ClN4O2S. The summed E-state index contributed by atoms with van der Waals surface area (Å²) in [6.45, 7) is 0.531. The Morgan fingerprint density at radius 1 is 0.968 bits per heavy atom. The van der Waals surface area contributed by atoms with Crippen LogP contribution in [-0.4, -0.2) is 39.0 Å². The largest absolute Gasteiger partial charge is 0.286 e. The molecular weight excluding hydrogens is 432 g/mol. The van der Waals surface area contributed by atoms with E-state index >= 15 is 0 Å². The van der Waals surface area contributed by atoms with Crippen LogP contribution in [0.15, 0.2) is 94.9 Å². The van der Waals surface area contributed by atoms with E-state index in [0.29, 0.717) is 11.6 Å². The van der Waals surface area contributed by atoms with Gasteiger partial charge in [0.2, 0.25) is 10.0 Å². The molecule has 1 aliphatic heterocycles. The van der Waals surface area contributed by atoms with Gasteiger partial charge in [-0.25, -0.2) is 8.42 Å². The Kier molecular flexibility index (Phi) is 6.38. The van der Waals surface area contributed by atoms with Crippen LogP contribution >= 0.6 is 11.6 Å². The molecule has 1 heterocycles. The zero-order valence-corrected chi connectivity index (χ0v) is 18.5. The minimum absolute atomic E-state index is 0.0134. The lowest BCUT2D eigenvalue weighted by atomic mass is 9.91. The number of rotatable bonds is 7. The van der Waals surface area contributed by atoms with Gasteiger partial charge >= 0.3 is 0 Å². The van der Waals surface area contributed by atoms with Crippen molar-refractivity contribution in [3.05, 3.63) is 101 Å². The molecule has 0 saturated heterocycles. The van der Waals surface area contributed by atoms with Crippen LogP contribution in [0, 0.1) is 0 Å². The minimum Gasteiger partial charge on any atom is -0.286 e. The molecule has 0 radical (unpaired) electrons. The van der Waals surface area contributed by atoms with Gasteiger partial charge in [-0.15, -0.1) is 0 Å². The number of hydrazone groups is 1. The van der Waals surface area contributed by atoms with Crippen LogP contribution in [0.5, 0.6) is 0 Å². The third-order valence-electron chi connectivity index (χ3n) is 5.17. The monoisotopic (exact) mass is 454 g/mol. The Morgan fingerprint density at radius 2 is 1.58 bits per heavy atom. The van der Waals surface area contributed by atoms with Gasteiger partial charge in [0.15, 0.2) is 6.29 Å². The zero-order valence-electron chi connectivity index (χ0n) is 16.9. The molecule has 1 aliphatic rings. The maximum Gasteiger partial charge on any atom is 0.243 e. The van der Waals surface area contributed by atoms with Crippen LogP contribution in [0.2, 0.25) is 5.02 Å². The predicted molar refractivity (Wildman–Crippen MR) is 123 cm³/mol. The number of hydrogen-bond donors (Lipinski definition) is 2. The lowest BCUT2D eigenvalue weighted by Gasteiger charge is -2.27. The molecule has 2 atom stereocenters. The molecule has 160 valence electrons. The topological polar surface area (TPSA) is 73.8 Å². The molecule has 3 aromatic carbocycles. The first-order valence-corrected chi connectivity index (χ1v) is 11.7. The van der Waals surface area contributed by atoms with Crippen molar-refractivity contribution in [2.75, 3.05) is 13.6 Å². The van der Waals surface area contributed by atoms with E-state index in [4.69, 9.17) is 16.7 Å². The fourth-order valence-electron chi connectivity index (χ4n) is 3.60. The van der Waals surface area contributed by atoms with Gasteiger partial charge < -0.3 is 0 Å². The fourth-order valence-corrected chi connectivity index (χ4v) is 4.89. The van der Waals surface area contributed by atoms with Crippen LogP contribution in [-0.2, 0) is 10.0 Å². The Labute approximate surface area is 187 Å². The molecule has 31 heavy (non-hydrogen) atoms. The second-order valence-corrected chi connectivity index (χ2v) is 9.35. The van der Waals surface area contributed by atoms with E-state index in [1.165, 1.54) is 12.1 Å². The van der Waals surface area contributed by atoms with E-state index in [9.17, 15) is 8.42 Å². The number of hydrogen-bond acceptors (Lipinski definition) is 5.